The van der Waals surface area contributed by atoms with E-state index >= 15 is 0 Å². The number of nitrogens with zero attached hydrogens (tertiary/aromatic N) is 4. The topological polar surface area (TPSA) is 51.6 Å². The molecule has 4 heteroatoms. The Morgan fingerprint density at radius 3 is 2.08 bits per heavy atom. The SMILES string of the molecule is CCc1nnnnc1C(C)(C)C. The van der Waals surface area contributed by atoms with E-state index in [0.717, 1.165) is 17.8 Å². The van der Waals surface area contributed by atoms with Crippen LogP contribution in [0.1, 0.15) is 39.1 Å². The van der Waals surface area contributed by atoms with E-state index in [1.165, 1.54) is 0 Å². The van der Waals surface area contributed by atoms with Crippen LogP contribution < -0.4 is 0 Å². The Morgan fingerprint density at radius 1 is 1.08 bits per heavy atom. The van der Waals surface area contributed by atoms with Crippen molar-refractivity contribution in [3.05, 3.63) is 11.4 Å². The maximum Gasteiger partial charge on any atom is 0.0936 e. The normalized spacial score (nSPS) is 11.7. The molecular formula is C8H14N4. The average molecular weight is 166 g/mol. The van der Waals surface area contributed by atoms with Crippen LogP contribution in [0.4, 0.5) is 0 Å². The highest BCUT2D eigenvalue weighted by Crippen LogP contribution is 2.21. The van der Waals surface area contributed by atoms with Crippen molar-refractivity contribution in [1.29, 1.82) is 0 Å². The smallest absolute Gasteiger partial charge is 0.0936 e. The molecule has 1 aromatic heterocycles. The zero-order valence-electron chi connectivity index (χ0n) is 8.00. The molecule has 0 aliphatic carbocycles. The summed E-state index contributed by atoms with van der Waals surface area (Å²) in [6, 6.07) is 0. The molecule has 0 aliphatic heterocycles. The molecule has 0 saturated carbocycles. The highest BCUT2D eigenvalue weighted by molar-refractivity contribution is 5.16. The lowest BCUT2D eigenvalue weighted by Gasteiger charge is -2.17. The van der Waals surface area contributed by atoms with Crippen molar-refractivity contribution >= 4 is 0 Å². The number of rotatable bonds is 1. The van der Waals surface area contributed by atoms with E-state index in [4.69, 9.17) is 0 Å². The van der Waals surface area contributed by atoms with Gasteiger partial charge in [-0.05, 0) is 16.8 Å². The van der Waals surface area contributed by atoms with E-state index in [1.807, 2.05) is 6.92 Å². The minimum absolute atomic E-state index is 0.00822. The van der Waals surface area contributed by atoms with Gasteiger partial charge in [-0.2, -0.15) is 0 Å². The van der Waals surface area contributed by atoms with Crippen LogP contribution in [0.3, 0.4) is 0 Å². The molecule has 0 aliphatic rings. The van der Waals surface area contributed by atoms with Crippen molar-refractivity contribution in [2.75, 3.05) is 0 Å². The fraction of sp³-hybridized carbons (Fsp3) is 0.750. The fourth-order valence-electron chi connectivity index (χ4n) is 1.06. The predicted octanol–water partition coefficient (Wildman–Crippen LogP) is 1.13. The van der Waals surface area contributed by atoms with E-state index in [2.05, 4.69) is 41.4 Å². The fourth-order valence-corrected chi connectivity index (χ4v) is 1.06. The van der Waals surface area contributed by atoms with Crippen molar-refractivity contribution in [3.63, 3.8) is 0 Å². The van der Waals surface area contributed by atoms with Gasteiger partial charge in [0.2, 0.25) is 0 Å². The van der Waals surface area contributed by atoms with Crippen LogP contribution in [0.5, 0.6) is 0 Å². The van der Waals surface area contributed by atoms with Crippen LogP contribution in [0, 0.1) is 0 Å². The Labute approximate surface area is 72.4 Å². The summed E-state index contributed by atoms with van der Waals surface area (Å²) in [6.45, 7) is 8.33. The third-order valence-electron chi connectivity index (χ3n) is 1.67. The molecule has 0 saturated heterocycles. The van der Waals surface area contributed by atoms with Crippen molar-refractivity contribution < 1.29 is 0 Å². The minimum atomic E-state index is 0.00822. The van der Waals surface area contributed by atoms with Gasteiger partial charge in [0.1, 0.15) is 0 Å². The van der Waals surface area contributed by atoms with Crippen molar-refractivity contribution in [3.8, 4) is 0 Å². The second-order valence-electron chi connectivity index (χ2n) is 3.78. The largest absolute Gasteiger partial charge is 0.132 e. The second kappa shape index (κ2) is 3.13. The molecule has 0 atom stereocenters. The monoisotopic (exact) mass is 166 g/mol. The van der Waals surface area contributed by atoms with Gasteiger partial charge < -0.3 is 0 Å². The summed E-state index contributed by atoms with van der Waals surface area (Å²) in [6.07, 6.45) is 0.856. The molecule has 0 fully saturated rings. The standard InChI is InChI=1S/C8H14N4/c1-5-6-7(8(2,3)4)10-12-11-9-6/h5H2,1-4H3. The Kier molecular flexibility index (Phi) is 2.35. The molecule has 1 rings (SSSR count). The van der Waals surface area contributed by atoms with E-state index in [-0.39, 0.29) is 5.41 Å². The Hall–Kier alpha value is -1.06. The molecule has 66 valence electrons. The third-order valence-corrected chi connectivity index (χ3v) is 1.67. The lowest BCUT2D eigenvalue weighted by atomic mass is 9.90. The molecule has 0 aromatic carbocycles. The first-order chi connectivity index (χ1) is 5.55. The third kappa shape index (κ3) is 1.75. The van der Waals surface area contributed by atoms with Crippen molar-refractivity contribution in [1.82, 2.24) is 20.6 Å². The van der Waals surface area contributed by atoms with Crippen LogP contribution in [0.25, 0.3) is 0 Å². The summed E-state index contributed by atoms with van der Waals surface area (Å²) in [7, 11) is 0. The first-order valence-electron chi connectivity index (χ1n) is 4.11. The Balaban J connectivity index is 3.14. The molecular weight excluding hydrogens is 152 g/mol. The zero-order valence-corrected chi connectivity index (χ0v) is 8.00. The number of aryl methyl sites for hydroxylation is 1. The van der Waals surface area contributed by atoms with Gasteiger partial charge in [-0.3, -0.25) is 0 Å². The minimum Gasteiger partial charge on any atom is -0.132 e. The Bertz CT molecular complexity index is 264. The molecule has 0 N–H and O–H groups in total. The summed E-state index contributed by atoms with van der Waals surface area (Å²) < 4.78 is 0. The maximum absolute atomic E-state index is 4.00. The first kappa shape index (κ1) is 9.03. The lowest BCUT2D eigenvalue weighted by molar-refractivity contribution is 0.524. The number of hydrogen-bond donors (Lipinski definition) is 0. The van der Waals surface area contributed by atoms with Gasteiger partial charge in [0.05, 0.1) is 11.4 Å². The van der Waals surface area contributed by atoms with Crippen LogP contribution in [-0.2, 0) is 11.8 Å². The van der Waals surface area contributed by atoms with Crippen LogP contribution in [0.15, 0.2) is 0 Å². The van der Waals surface area contributed by atoms with Crippen molar-refractivity contribution in [2.24, 2.45) is 0 Å². The zero-order chi connectivity index (χ0) is 9.19. The van der Waals surface area contributed by atoms with Gasteiger partial charge in [-0.15, -0.1) is 10.2 Å². The molecule has 12 heavy (non-hydrogen) atoms. The van der Waals surface area contributed by atoms with E-state index in [0.29, 0.717) is 0 Å². The quantitative estimate of drug-likeness (QED) is 0.627. The number of aromatic nitrogens is 4. The van der Waals surface area contributed by atoms with Gasteiger partial charge in [0, 0.05) is 5.41 Å². The van der Waals surface area contributed by atoms with E-state index < -0.39 is 0 Å². The summed E-state index contributed by atoms with van der Waals surface area (Å²) in [5.41, 5.74) is 1.89. The molecule has 1 heterocycles. The van der Waals surface area contributed by atoms with Crippen LogP contribution in [-0.4, -0.2) is 20.6 Å². The second-order valence-corrected chi connectivity index (χ2v) is 3.78. The van der Waals surface area contributed by atoms with E-state index in [9.17, 15) is 0 Å². The first-order valence-corrected chi connectivity index (χ1v) is 4.11. The molecule has 0 radical (unpaired) electrons. The summed E-state index contributed by atoms with van der Waals surface area (Å²) in [5, 5.41) is 15.0. The summed E-state index contributed by atoms with van der Waals surface area (Å²) in [4.78, 5) is 0. The highest BCUT2D eigenvalue weighted by atomic mass is 15.4. The molecule has 0 unspecified atom stereocenters. The van der Waals surface area contributed by atoms with Gasteiger partial charge in [0.25, 0.3) is 0 Å². The molecule has 4 nitrogen and oxygen atoms in total. The molecule has 0 spiro atoms. The molecule has 1 aromatic rings. The summed E-state index contributed by atoms with van der Waals surface area (Å²) in [5.74, 6) is 0. The highest BCUT2D eigenvalue weighted by Gasteiger charge is 2.20. The van der Waals surface area contributed by atoms with Gasteiger partial charge in [-0.1, -0.05) is 27.7 Å². The predicted molar refractivity (Wildman–Crippen MR) is 45.7 cm³/mol. The maximum atomic E-state index is 4.00. The molecule has 0 bridgehead atoms. The van der Waals surface area contributed by atoms with Gasteiger partial charge >= 0.3 is 0 Å². The van der Waals surface area contributed by atoms with Crippen LogP contribution in [0.2, 0.25) is 0 Å². The molecule has 0 amide bonds. The van der Waals surface area contributed by atoms with E-state index in [1.54, 1.807) is 0 Å². The van der Waals surface area contributed by atoms with Crippen molar-refractivity contribution in [2.45, 2.75) is 39.5 Å². The van der Waals surface area contributed by atoms with Gasteiger partial charge in [-0.25, -0.2) is 0 Å². The average Bonchev–Trinajstić information content (AvgIpc) is 2.03. The number of hydrogen-bond acceptors (Lipinski definition) is 4. The Morgan fingerprint density at radius 2 is 1.67 bits per heavy atom. The van der Waals surface area contributed by atoms with Crippen LogP contribution >= 0.6 is 0 Å². The van der Waals surface area contributed by atoms with Gasteiger partial charge in [0.15, 0.2) is 0 Å². The summed E-state index contributed by atoms with van der Waals surface area (Å²) >= 11 is 0. The lowest BCUT2D eigenvalue weighted by Crippen LogP contribution is -2.19.